The Morgan fingerprint density at radius 1 is 1.36 bits per heavy atom. The molecular formula is C12H18N2. The highest BCUT2D eigenvalue weighted by atomic mass is 14.9. The third-order valence-corrected chi connectivity index (χ3v) is 3.19. The minimum atomic E-state index is 0.576. The van der Waals surface area contributed by atoms with Crippen LogP contribution in [-0.4, -0.2) is 11.5 Å². The summed E-state index contributed by atoms with van der Waals surface area (Å²) in [6.45, 7) is 4.49. The molecule has 0 aliphatic heterocycles. The van der Waals surface area contributed by atoms with E-state index in [-0.39, 0.29) is 0 Å². The maximum Gasteiger partial charge on any atom is 0.0271 e. The van der Waals surface area contributed by atoms with Crippen LogP contribution < -0.4 is 5.32 Å². The van der Waals surface area contributed by atoms with Gasteiger partial charge in [-0.3, -0.25) is 4.98 Å². The Kier molecular flexibility index (Phi) is 2.82. The van der Waals surface area contributed by atoms with Crippen molar-refractivity contribution in [3.05, 3.63) is 30.1 Å². The molecule has 2 nitrogen and oxygen atoms in total. The van der Waals surface area contributed by atoms with E-state index in [4.69, 9.17) is 0 Å². The van der Waals surface area contributed by atoms with Gasteiger partial charge in [0.25, 0.3) is 0 Å². The first-order chi connectivity index (χ1) is 6.79. The van der Waals surface area contributed by atoms with E-state index >= 15 is 0 Å². The molecule has 0 amide bonds. The summed E-state index contributed by atoms with van der Waals surface area (Å²) in [5.41, 5.74) is 1.90. The van der Waals surface area contributed by atoms with E-state index in [1.807, 2.05) is 12.4 Å². The summed E-state index contributed by atoms with van der Waals surface area (Å²) >= 11 is 0. The molecule has 1 fully saturated rings. The molecule has 76 valence electrons. The van der Waals surface area contributed by atoms with Crippen molar-refractivity contribution in [1.29, 1.82) is 0 Å². The normalized spacial score (nSPS) is 18.9. The van der Waals surface area contributed by atoms with Crippen LogP contribution in [0, 0.1) is 5.41 Å². The molecule has 1 aromatic heterocycles. The van der Waals surface area contributed by atoms with E-state index < -0.39 is 0 Å². The highest BCUT2D eigenvalue weighted by Crippen LogP contribution is 2.39. The summed E-state index contributed by atoms with van der Waals surface area (Å²) in [5.74, 6) is 0. The van der Waals surface area contributed by atoms with E-state index in [2.05, 4.69) is 29.4 Å². The van der Waals surface area contributed by atoms with Crippen molar-refractivity contribution in [2.75, 3.05) is 6.54 Å². The lowest BCUT2D eigenvalue weighted by Gasteiger charge is -2.38. The molecule has 2 heteroatoms. The number of hydrogen-bond acceptors (Lipinski definition) is 2. The zero-order valence-electron chi connectivity index (χ0n) is 8.79. The number of nitrogens with one attached hydrogen (secondary N) is 1. The quantitative estimate of drug-likeness (QED) is 0.788. The first kappa shape index (κ1) is 9.66. The Labute approximate surface area is 85.7 Å². The molecule has 0 spiro atoms. The Morgan fingerprint density at radius 2 is 2.07 bits per heavy atom. The highest BCUT2D eigenvalue weighted by Gasteiger charge is 2.30. The van der Waals surface area contributed by atoms with E-state index in [0.29, 0.717) is 5.41 Å². The largest absolute Gasteiger partial charge is 0.312 e. The minimum Gasteiger partial charge on any atom is -0.312 e. The summed E-state index contributed by atoms with van der Waals surface area (Å²) < 4.78 is 0. The second-order valence-electron chi connectivity index (χ2n) is 4.62. The summed E-state index contributed by atoms with van der Waals surface area (Å²) in [5, 5.41) is 3.52. The second kappa shape index (κ2) is 4.09. The Morgan fingerprint density at radius 3 is 2.64 bits per heavy atom. The lowest BCUT2D eigenvalue weighted by Crippen LogP contribution is -2.36. The maximum absolute atomic E-state index is 4.00. The first-order valence-electron chi connectivity index (χ1n) is 5.38. The Balaban J connectivity index is 1.73. The average Bonchev–Trinajstić information content (AvgIpc) is 2.17. The van der Waals surface area contributed by atoms with Gasteiger partial charge < -0.3 is 5.32 Å². The number of pyridine rings is 1. The van der Waals surface area contributed by atoms with Crippen molar-refractivity contribution < 1.29 is 0 Å². The molecule has 1 heterocycles. The fourth-order valence-electron chi connectivity index (χ4n) is 1.97. The van der Waals surface area contributed by atoms with Gasteiger partial charge in [-0.25, -0.2) is 0 Å². The van der Waals surface area contributed by atoms with E-state index in [9.17, 15) is 0 Å². The van der Waals surface area contributed by atoms with Crippen LogP contribution >= 0.6 is 0 Å². The van der Waals surface area contributed by atoms with Crippen LogP contribution in [0.25, 0.3) is 0 Å². The zero-order chi connectivity index (χ0) is 9.86. The van der Waals surface area contributed by atoms with Gasteiger partial charge in [-0.15, -0.1) is 0 Å². The lowest BCUT2D eigenvalue weighted by atomic mass is 9.70. The summed E-state index contributed by atoms with van der Waals surface area (Å²) in [6, 6.07) is 4.13. The standard InChI is InChI=1S/C12H18N2/c1-12(5-2-6-12)10-14-9-11-3-7-13-8-4-11/h3-4,7-8,14H,2,5-6,9-10H2,1H3. The second-order valence-corrected chi connectivity index (χ2v) is 4.62. The van der Waals surface area contributed by atoms with Crippen LogP contribution in [0.3, 0.4) is 0 Å². The van der Waals surface area contributed by atoms with Crippen LogP contribution in [0.5, 0.6) is 0 Å². The summed E-state index contributed by atoms with van der Waals surface area (Å²) in [7, 11) is 0. The predicted octanol–water partition coefficient (Wildman–Crippen LogP) is 2.36. The Hall–Kier alpha value is -0.890. The zero-order valence-corrected chi connectivity index (χ0v) is 8.79. The van der Waals surface area contributed by atoms with Crippen LogP contribution in [0.2, 0.25) is 0 Å². The summed E-state index contributed by atoms with van der Waals surface area (Å²) in [6.07, 6.45) is 7.88. The fraction of sp³-hybridized carbons (Fsp3) is 0.583. The number of aromatic nitrogens is 1. The van der Waals surface area contributed by atoms with Gasteiger partial charge in [0.15, 0.2) is 0 Å². The molecule has 0 saturated heterocycles. The topological polar surface area (TPSA) is 24.9 Å². The van der Waals surface area contributed by atoms with Crippen molar-refractivity contribution in [1.82, 2.24) is 10.3 Å². The third-order valence-electron chi connectivity index (χ3n) is 3.19. The molecule has 1 N–H and O–H groups in total. The van der Waals surface area contributed by atoms with Gasteiger partial charge in [0.1, 0.15) is 0 Å². The smallest absolute Gasteiger partial charge is 0.0271 e. The monoisotopic (exact) mass is 190 g/mol. The predicted molar refractivity (Wildman–Crippen MR) is 57.9 cm³/mol. The first-order valence-corrected chi connectivity index (χ1v) is 5.38. The minimum absolute atomic E-state index is 0.576. The molecular weight excluding hydrogens is 172 g/mol. The molecule has 1 aliphatic rings. The van der Waals surface area contributed by atoms with Crippen molar-refractivity contribution in [2.45, 2.75) is 32.7 Å². The SMILES string of the molecule is CC1(CNCc2ccncc2)CCC1. The van der Waals surface area contributed by atoms with Gasteiger partial charge in [0, 0.05) is 25.5 Å². The van der Waals surface area contributed by atoms with Crippen molar-refractivity contribution in [3.63, 3.8) is 0 Å². The van der Waals surface area contributed by atoms with Crippen molar-refractivity contribution in [3.8, 4) is 0 Å². The molecule has 1 saturated carbocycles. The van der Waals surface area contributed by atoms with Crippen LogP contribution in [-0.2, 0) is 6.54 Å². The van der Waals surface area contributed by atoms with Gasteiger partial charge in [0.2, 0.25) is 0 Å². The van der Waals surface area contributed by atoms with Crippen molar-refractivity contribution >= 4 is 0 Å². The highest BCUT2D eigenvalue weighted by molar-refractivity contribution is 5.09. The lowest BCUT2D eigenvalue weighted by molar-refractivity contribution is 0.156. The molecule has 14 heavy (non-hydrogen) atoms. The van der Waals surface area contributed by atoms with E-state index in [1.54, 1.807) is 0 Å². The molecule has 0 bridgehead atoms. The van der Waals surface area contributed by atoms with Gasteiger partial charge in [-0.1, -0.05) is 13.3 Å². The summed E-state index contributed by atoms with van der Waals surface area (Å²) in [4.78, 5) is 4.00. The van der Waals surface area contributed by atoms with Gasteiger partial charge in [-0.2, -0.15) is 0 Å². The fourth-order valence-corrected chi connectivity index (χ4v) is 1.97. The average molecular weight is 190 g/mol. The molecule has 1 aliphatic carbocycles. The van der Waals surface area contributed by atoms with Crippen molar-refractivity contribution in [2.24, 2.45) is 5.41 Å². The molecule has 0 atom stereocenters. The van der Waals surface area contributed by atoms with E-state index in [0.717, 1.165) is 13.1 Å². The Bertz CT molecular complexity index is 278. The number of rotatable bonds is 4. The molecule has 0 unspecified atom stereocenters. The van der Waals surface area contributed by atoms with Gasteiger partial charge in [0.05, 0.1) is 0 Å². The third kappa shape index (κ3) is 2.32. The van der Waals surface area contributed by atoms with Gasteiger partial charge >= 0.3 is 0 Å². The van der Waals surface area contributed by atoms with Crippen LogP contribution in [0.1, 0.15) is 31.7 Å². The number of hydrogen-bond donors (Lipinski definition) is 1. The molecule has 0 radical (unpaired) electrons. The van der Waals surface area contributed by atoms with Crippen LogP contribution in [0.4, 0.5) is 0 Å². The molecule has 0 aromatic carbocycles. The molecule has 1 aromatic rings. The maximum atomic E-state index is 4.00. The van der Waals surface area contributed by atoms with Crippen LogP contribution in [0.15, 0.2) is 24.5 Å². The van der Waals surface area contributed by atoms with Gasteiger partial charge in [-0.05, 0) is 36.0 Å². The molecule has 2 rings (SSSR count). The van der Waals surface area contributed by atoms with E-state index in [1.165, 1.54) is 24.8 Å². The number of nitrogens with zero attached hydrogens (tertiary/aromatic N) is 1.